The van der Waals surface area contributed by atoms with E-state index in [4.69, 9.17) is 4.74 Å². The molecule has 0 radical (unpaired) electrons. The Kier molecular flexibility index (Phi) is 6.69. The number of amides is 1. The summed E-state index contributed by atoms with van der Waals surface area (Å²) in [5.41, 5.74) is 2.92. The number of aliphatic hydroxyl groups is 1. The number of thiol groups is 1. The number of thiazole rings is 1. The molecule has 0 saturated carbocycles. The molecule has 0 aliphatic carbocycles. The highest BCUT2D eigenvalue weighted by Crippen LogP contribution is 2.37. The summed E-state index contributed by atoms with van der Waals surface area (Å²) in [5.74, 6) is -0.663. The van der Waals surface area contributed by atoms with E-state index in [2.05, 4.69) is 9.35 Å². The number of carbonyl (C=O) groups excluding carboxylic acids is 2. The average molecular weight is 465 g/mol. The molecule has 7 nitrogen and oxygen atoms in total. The first-order chi connectivity index (χ1) is 14.4. The van der Waals surface area contributed by atoms with E-state index in [9.17, 15) is 18.9 Å². The number of benzene rings is 1. The highest BCUT2D eigenvalue weighted by Gasteiger charge is 2.30. The van der Waals surface area contributed by atoms with Gasteiger partial charge in [-0.25, -0.2) is 14.0 Å². The van der Waals surface area contributed by atoms with Crippen molar-refractivity contribution in [3.63, 3.8) is 0 Å². The van der Waals surface area contributed by atoms with E-state index in [0.717, 1.165) is 33.6 Å². The van der Waals surface area contributed by atoms with Crippen molar-refractivity contribution in [3.8, 4) is 0 Å². The smallest absolute Gasteiger partial charge is 0.338 e. The Morgan fingerprint density at radius 2 is 2.00 bits per heavy atom. The number of hydrogen-bond donors (Lipinski definition) is 2. The molecule has 0 bridgehead atoms. The van der Waals surface area contributed by atoms with Gasteiger partial charge in [-0.05, 0) is 48.4 Å². The zero-order valence-electron chi connectivity index (χ0n) is 18.6. The van der Waals surface area contributed by atoms with Gasteiger partial charge in [0, 0.05) is 5.56 Å². The van der Waals surface area contributed by atoms with Crippen molar-refractivity contribution in [2.45, 2.75) is 76.2 Å². The first kappa shape index (κ1) is 23.6. The largest absolute Gasteiger partial charge is 0.457 e. The number of ether oxygens (including phenoxy) is 1. The Morgan fingerprint density at radius 3 is 2.55 bits per heavy atom. The Bertz CT molecular complexity index is 1120. The lowest BCUT2D eigenvalue weighted by Gasteiger charge is -2.21. The standard InChI is InChI=1S/C22H28N2O5S2/c1-11(2)13-7-15-16(10-29-20(15)26)19(12(3)4)14(13)8-17(25)24-31(28)18-9-23-21(30-18)22(5,6)27/h7,9,11-12,27,31H,8,10H2,1-6H3. The molecule has 1 aliphatic rings. The minimum Gasteiger partial charge on any atom is -0.457 e. The van der Waals surface area contributed by atoms with Crippen LogP contribution in [0.4, 0.5) is 0 Å². The quantitative estimate of drug-likeness (QED) is 0.493. The molecule has 2 aromatic rings. The zero-order valence-corrected chi connectivity index (χ0v) is 20.3. The van der Waals surface area contributed by atoms with Gasteiger partial charge in [0.1, 0.15) is 21.4 Å². The van der Waals surface area contributed by atoms with Gasteiger partial charge in [-0.2, -0.15) is 4.36 Å². The van der Waals surface area contributed by atoms with Crippen LogP contribution in [-0.2, 0) is 38.8 Å². The summed E-state index contributed by atoms with van der Waals surface area (Å²) in [4.78, 5) is 29.0. The van der Waals surface area contributed by atoms with Gasteiger partial charge in [0.25, 0.3) is 5.91 Å². The van der Waals surface area contributed by atoms with Crippen molar-refractivity contribution in [3.05, 3.63) is 45.1 Å². The first-order valence-corrected chi connectivity index (χ1v) is 12.2. The Hall–Kier alpha value is -2.10. The van der Waals surface area contributed by atoms with Crippen LogP contribution in [0.5, 0.6) is 0 Å². The van der Waals surface area contributed by atoms with Gasteiger partial charge in [0.2, 0.25) is 0 Å². The van der Waals surface area contributed by atoms with Gasteiger partial charge < -0.3 is 9.84 Å². The fourth-order valence-corrected chi connectivity index (χ4v) is 5.63. The lowest BCUT2D eigenvalue weighted by atomic mass is 9.82. The predicted octanol–water partition coefficient (Wildman–Crippen LogP) is 4.08. The fourth-order valence-electron chi connectivity index (χ4n) is 3.75. The summed E-state index contributed by atoms with van der Waals surface area (Å²) in [5, 5.41) is 10.5. The normalized spacial score (nSPS) is 14.9. The van der Waals surface area contributed by atoms with E-state index in [1.54, 1.807) is 13.8 Å². The molecule has 9 heteroatoms. The van der Waals surface area contributed by atoms with Gasteiger partial charge in [0.15, 0.2) is 0 Å². The topological polar surface area (TPSA) is 106 Å². The minimum atomic E-state index is -2.31. The number of cyclic esters (lactones) is 1. The molecule has 2 heterocycles. The number of carbonyl (C=O) groups is 2. The molecule has 1 amide bonds. The molecule has 0 spiro atoms. The highest BCUT2D eigenvalue weighted by atomic mass is 32.2. The molecule has 1 aliphatic heterocycles. The van der Waals surface area contributed by atoms with Crippen LogP contribution in [0.25, 0.3) is 0 Å². The van der Waals surface area contributed by atoms with E-state index >= 15 is 0 Å². The van der Waals surface area contributed by atoms with E-state index in [1.807, 2.05) is 33.8 Å². The first-order valence-electron chi connectivity index (χ1n) is 10.2. The van der Waals surface area contributed by atoms with Crippen molar-refractivity contribution in [2.24, 2.45) is 4.36 Å². The summed E-state index contributed by atoms with van der Waals surface area (Å²) < 4.78 is 22.1. The molecule has 0 saturated heterocycles. The maximum atomic E-state index is 12.8. The van der Waals surface area contributed by atoms with Crippen molar-refractivity contribution >= 4 is 33.8 Å². The van der Waals surface area contributed by atoms with Gasteiger partial charge in [-0.3, -0.25) is 4.79 Å². The molecule has 1 aromatic heterocycles. The maximum Gasteiger partial charge on any atom is 0.338 e. The van der Waals surface area contributed by atoms with E-state index in [-0.39, 0.29) is 30.8 Å². The Labute approximate surface area is 188 Å². The van der Waals surface area contributed by atoms with Crippen LogP contribution in [-0.4, -0.2) is 26.2 Å². The molecule has 0 fully saturated rings. The minimum absolute atomic E-state index is 0.000719. The Balaban J connectivity index is 1.99. The second-order valence-electron chi connectivity index (χ2n) is 8.78. The number of rotatable bonds is 6. The summed E-state index contributed by atoms with van der Waals surface area (Å²) >= 11 is 1.08. The fraction of sp³-hybridized carbons (Fsp3) is 0.500. The summed E-state index contributed by atoms with van der Waals surface area (Å²) in [6.07, 6.45) is 1.39. The zero-order chi connectivity index (χ0) is 23.1. The van der Waals surface area contributed by atoms with Gasteiger partial charge in [-0.1, -0.05) is 27.7 Å². The van der Waals surface area contributed by atoms with E-state index in [0.29, 0.717) is 14.8 Å². The molecule has 1 aromatic carbocycles. The molecule has 1 atom stereocenters. The third-order valence-electron chi connectivity index (χ3n) is 5.13. The van der Waals surface area contributed by atoms with Crippen molar-refractivity contribution in [2.75, 3.05) is 0 Å². The number of hydrogen-bond acceptors (Lipinski definition) is 7. The van der Waals surface area contributed by atoms with Gasteiger partial charge in [0.05, 0.1) is 28.8 Å². The number of aromatic nitrogens is 1. The van der Waals surface area contributed by atoms with Crippen molar-refractivity contribution in [1.82, 2.24) is 4.98 Å². The van der Waals surface area contributed by atoms with Gasteiger partial charge in [-0.15, -0.1) is 11.3 Å². The van der Waals surface area contributed by atoms with Crippen molar-refractivity contribution < 1.29 is 23.6 Å². The van der Waals surface area contributed by atoms with Crippen LogP contribution >= 0.6 is 11.3 Å². The molecular weight excluding hydrogens is 436 g/mol. The van der Waals surface area contributed by atoms with Crippen LogP contribution in [0, 0.1) is 0 Å². The molecule has 1 unspecified atom stereocenters. The Morgan fingerprint density at radius 1 is 1.32 bits per heavy atom. The predicted molar refractivity (Wildman–Crippen MR) is 120 cm³/mol. The van der Waals surface area contributed by atoms with E-state index in [1.165, 1.54) is 6.20 Å². The number of esters is 1. The van der Waals surface area contributed by atoms with Crippen LogP contribution in [0.15, 0.2) is 20.8 Å². The lowest BCUT2D eigenvalue weighted by Crippen LogP contribution is -2.14. The third kappa shape index (κ3) is 4.88. The molecule has 1 N–H and O–H groups in total. The molecule has 168 valence electrons. The number of nitrogens with zero attached hydrogens (tertiary/aromatic N) is 2. The van der Waals surface area contributed by atoms with Gasteiger partial charge >= 0.3 is 5.97 Å². The van der Waals surface area contributed by atoms with Crippen LogP contribution < -0.4 is 0 Å². The van der Waals surface area contributed by atoms with Crippen LogP contribution in [0.3, 0.4) is 0 Å². The maximum absolute atomic E-state index is 12.8. The molecule has 3 rings (SSSR count). The number of fused-ring (bicyclic) bond motifs is 1. The van der Waals surface area contributed by atoms with Crippen molar-refractivity contribution in [1.29, 1.82) is 0 Å². The third-order valence-corrected chi connectivity index (χ3v) is 7.88. The second kappa shape index (κ2) is 8.80. The summed E-state index contributed by atoms with van der Waals surface area (Å²) in [6, 6.07) is 1.82. The van der Waals surface area contributed by atoms with Crippen LogP contribution in [0.1, 0.15) is 91.0 Å². The monoisotopic (exact) mass is 464 g/mol. The molecule has 31 heavy (non-hydrogen) atoms. The summed E-state index contributed by atoms with van der Waals surface area (Å²) in [7, 11) is -2.31. The second-order valence-corrected chi connectivity index (χ2v) is 11.3. The highest BCUT2D eigenvalue weighted by molar-refractivity contribution is 7.78. The van der Waals surface area contributed by atoms with E-state index < -0.39 is 22.1 Å². The lowest BCUT2D eigenvalue weighted by molar-refractivity contribution is -0.117. The van der Waals surface area contributed by atoms with Crippen LogP contribution in [0.2, 0.25) is 0 Å². The molecular formula is C22H28N2O5S2. The average Bonchev–Trinajstić information content (AvgIpc) is 3.28. The summed E-state index contributed by atoms with van der Waals surface area (Å²) in [6.45, 7) is 11.4. The SMILES string of the molecule is CC(C)c1cc2c(c(C(C)C)c1CC(=O)/N=[SH](=O)/c1cnc(C(C)(C)O)s1)COC2=O.